The number of aromatic nitrogens is 2. The van der Waals surface area contributed by atoms with Gasteiger partial charge in [0.2, 0.25) is 11.8 Å². The molecule has 1 saturated carbocycles. The van der Waals surface area contributed by atoms with E-state index in [0.29, 0.717) is 29.5 Å². The summed E-state index contributed by atoms with van der Waals surface area (Å²) in [5.41, 5.74) is -0.0705. The SMILES string of the molecule is O=C(CSc1ccc(N2CCC[C@@H](C(=O)NC3CC3)C2)nn1)Nc1ccc(F)cc1F. The molecule has 1 aliphatic heterocycles. The van der Waals surface area contributed by atoms with E-state index in [1.54, 1.807) is 6.07 Å². The van der Waals surface area contributed by atoms with Crippen molar-refractivity contribution in [2.24, 2.45) is 5.92 Å². The second-order valence-corrected chi connectivity index (χ2v) is 8.75. The van der Waals surface area contributed by atoms with Crippen LogP contribution in [0.1, 0.15) is 25.7 Å². The van der Waals surface area contributed by atoms with Gasteiger partial charge in [0.05, 0.1) is 17.4 Å². The number of nitrogens with zero attached hydrogens (tertiary/aromatic N) is 3. The highest BCUT2D eigenvalue weighted by Gasteiger charge is 2.30. The van der Waals surface area contributed by atoms with Gasteiger partial charge in [-0.2, -0.15) is 0 Å². The highest BCUT2D eigenvalue weighted by atomic mass is 32.2. The van der Waals surface area contributed by atoms with Gasteiger partial charge >= 0.3 is 0 Å². The van der Waals surface area contributed by atoms with Crippen LogP contribution in [0.25, 0.3) is 0 Å². The van der Waals surface area contributed by atoms with Crippen LogP contribution in [0.3, 0.4) is 0 Å². The summed E-state index contributed by atoms with van der Waals surface area (Å²) in [5.74, 6) is -1.17. The number of nitrogens with one attached hydrogen (secondary N) is 2. The van der Waals surface area contributed by atoms with Crippen LogP contribution in [0.15, 0.2) is 35.4 Å². The number of rotatable bonds is 7. The Morgan fingerprint density at radius 3 is 2.68 bits per heavy atom. The molecule has 0 spiro atoms. The van der Waals surface area contributed by atoms with Crippen LogP contribution in [0.2, 0.25) is 0 Å². The number of halogens is 2. The summed E-state index contributed by atoms with van der Waals surface area (Å²) in [6, 6.07) is 6.93. The number of amides is 2. The van der Waals surface area contributed by atoms with Crippen molar-refractivity contribution in [3.05, 3.63) is 42.0 Å². The fourth-order valence-electron chi connectivity index (χ4n) is 3.42. The maximum absolute atomic E-state index is 13.6. The molecule has 10 heteroatoms. The van der Waals surface area contributed by atoms with Gasteiger partial charge in [-0.3, -0.25) is 9.59 Å². The first-order valence-electron chi connectivity index (χ1n) is 10.2. The Hall–Kier alpha value is -2.75. The Balaban J connectivity index is 1.27. The zero-order valence-electron chi connectivity index (χ0n) is 16.8. The van der Waals surface area contributed by atoms with Crippen molar-refractivity contribution in [3.8, 4) is 0 Å². The molecular weight excluding hydrogens is 424 g/mol. The van der Waals surface area contributed by atoms with Crippen molar-refractivity contribution in [3.63, 3.8) is 0 Å². The van der Waals surface area contributed by atoms with E-state index in [-0.39, 0.29) is 23.3 Å². The highest BCUT2D eigenvalue weighted by molar-refractivity contribution is 7.99. The molecule has 1 saturated heterocycles. The lowest BCUT2D eigenvalue weighted by Gasteiger charge is -2.32. The molecule has 1 aromatic carbocycles. The first-order valence-corrected chi connectivity index (χ1v) is 11.2. The van der Waals surface area contributed by atoms with Crippen LogP contribution in [0.5, 0.6) is 0 Å². The van der Waals surface area contributed by atoms with Crippen molar-refractivity contribution in [2.45, 2.75) is 36.8 Å². The number of benzene rings is 1. The molecule has 2 fully saturated rings. The number of piperidine rings is 1. The Morgan fingerprint density at radius 1 is 1.13 bits per heavy atom. The summed E-state index contributed by atoms with van der Waals surface area (Å²) in [5, 5.41) is 14.4. The third-order valence-electron chi connectivity index (χ3n) is 5.22. The quantitative estimate of drug-likeness (QED) is 0.635. The molecule has 0 unspecified atom stereocenters. The van der Waals surface area contributed by atoms with Crippen LogP contribution in [-0.4, -0.2) is 46.9 Å². The van der Waals surface area contributed by atoms with Crippen molar-refractivity contribution < 1.29 is 18.4 Å². The lowest BCUT2D eigenvalue weighted by molar-refractivity contribution is -0.125. The molecule has 31 heavy (non-hydrogen) atoms. The molecule has 0 bridgehead atoms. The minimum absolute atomic E-state index is 0.0119. The lowest BCUT2D eigenvalue weighted by atomic mass is 9.97. The fourth-order valence-corrected chi connectivity index (χ4v) is 4.04. The highest BCUT2D eigenvalue weighted by Crippen LogP contribution is 2.25. The van der Waals surface area contributed by atoms with Gasteiger partial charge in [0.25, 0.3) is 0 Å². The summed E-state index contributed by atoms with van der Waals surface area (Å²) in [4.78, 5) is 26.4. The number of hydrogen-bond acceptors (Lipinski definition) is 6. The zero-order valence-corrected chi connectivity index (χ0v) is 17.6. The largest absolute Gasteiger partial charge is 0.354 e. The van der Waals surface area contributed by atoms with Crippen LogP contribution in [0, 0.1) is 17.6 Å². The molecule has 2 amide bonds. The maximum atomic E-state index is 13.6. The third-order valence-corrected chi connectivity index (χ3v) is 6.14. The minimum Gasteiger partial charge on any atom is -0.354 e. The molecule has 164 valence electrons. The summed E-state index contributed by atoms with van der Waals surface area (Å²) >= 11 is 1.17. The minimum atomic E-state index is -0.826. The molecule has 2 aliphatic rings. The molecule has 1 atom stereocenters. The molecule has 1 aliphatic carbocycles. The van der Waals surface area contributed by atoms with E-state index in [0.717, 1.165) is 38.3 Å². The predicted octanol–water partition coefficient (Wildman–Crippen LogP) is 2.98. The van der Waals surface area contributed by atoms with Gasteiger partial charge in [-0.1, -0.05) is 11.8 Å². The van der Waals surface area contributed by atoms with Crippen molar-refractivity contribution in [1.82, 2.24) is 15.5 Å². The van der Waals surface area contributed by atoms with Gasteiger partial charge < -0.3 is 15.5 Å². The van der Waals surface area contributed by atoms with Crippen LogP contribution in [0.4, 0.5) is 20.3 Å². The Morgan fingerprint density at radius 2 is 1.97 bits per heavy atom. The molecule has 2 N–H and O–H groups in total. The lowest BCUT2D eigenvalue weighted by Crippen LogP contribution is -2.44. The maximum Gasteiger partial charge on any atom is 0.234 e. The molecule has 7 nitrogen and oxygen atoms in total. The summed E-state index contributed by atoms with van der Waals surface area (Å²) < 4.78 is 26.6. The van der Waals surface area contributed by atoms with Crippen molar-refractivity contribution in [1.29, 1.82) is 0 Å². The molecule has 4 rings (SSSR count). The number of carbonyl (C=O) groups is 2. The van der Waals surface area contributed by atoms with E-state index in [1.165, 1.54) is 17.8 Å². The number of thioether (sulfide) groups is 1. The van der Waals surface area contributed by atoms with Crippen molar-refractivity contribution in [2.75, 3.05) is 29.1 Å². The van der Waals surface area contributed by atoms with E-state index in [1.807, 2.05) is 6.07 Å². The fraction of sp³-hybridized carbons (Fsp3) is 0.429. The van der Waals surface area contributed by atoms with Gasteiger partial charge in [0.1, 0.15) is 16.7 Å². The second kappa shape index (κ2) is 9.59. The summed E-state index contributed by atoms with van der Waals surface area (Å²) in [7, 11) is 0. The normalized spacial score (nSPS) is 18.5. The van der Waals surface area contributed by atoms with Gasteiger partial charge in [-0.25, -0.2) is 8.78 Å². The van der Waals surface area contributed by atoms with E-state index in [4.69, 9.17) is 0 Å². The predicted molar refractivity (Wildman–Crippen MR) is 114 cm³/mol. The molecular formula is C21H23F2N5O2S. The molecule has 2 aromatic rings. The molecule has 0 radical (unpaired) electrons. The average molecular weight is 448 g/mol. The third kappa shape index (κ3) is 5.90. The number of anilines is 2. The Kier molecular flexibility index (Phi) is 6.64. The number of carbonyl (C=O) groups excluding carboxylic acids is 2. The first kappa shape index (κ1) is 21.5. The van der Waals surface area contributed by atoms with Gasteiger partial charge in [0.15, 0.2) is 5.82 Å². The van der Waals surface area contributed by atoms with E-state index in [9.17, 15) is 18.4 Å². The van der Waals surface area contributed by atoms with E-state index in [2.05, 4.69) is 25.7 Å². The van der Waals surface area contributed by atoms with E-state index >= 15 is 0 Å². The number of hydrogen-bond donors (Lipinski definition) is 2. The monoisotopic (exact) mass is 447 g/mol. The Labute approximate surface area is 183 Å². The summed E-state index contributed by atoms with van der Waals surface area (Å²) in [6.07, 6.45) is 3.94. The second-order valence-electron chi connectivity index (χ2n) is 7.76. The van der Waals surface area contributed by atoms with Gasteiger partial charge in [0, 0.05) is 25.2 Å². The van der Waals surface area contributed by atoms with Crippen LogP contribution >= 0.6 is 11.8 Å². The van der Waals surface area contributed by atoms with Gasteiger partial charge in [-0.05, 0) is 49.9 Å². The molecule has 2 heterocycles. The van der Waals surface area contributed by atoms with Crippen molar-refractivity contribution >= 4 is 35.1 Å². The average Bonchev–Trinajstić information content (AvgIpc) is 3.59. The van der Waals surface area contributed by atoms with Gasteiger partial charge in [-0.15, -0.1) is 10.2 Å². The topological polar surface area (TPSA) is 87.2 Å². The zero-order chi connectivity index (χ0) is 21.8. The summed E-state index contributed by atoms with van der Waals surface area (Å²) in [6.45, 7) is 1.44. The Bertz CT molecular complexity index is 955. The smallest absolute Gasteiger partial charge is 0.234 e. The first-order chi connectivity index (χ1) is 15.0. The standard InChI is InChI=1S/C21H23F2N5O2S/c22-14-3-6-17(16(23)10-14)25-19(29)12-31-20-8-7-18(26-27-20)28-9-1-2-13(11-28)21(30)24-15-4-5-15/h3,6-8,10,13,15H,1-2,4-5,9,11-12H2,(H,24,30)(H,25,29)/t13-/m1/s1. The van der Waals surface area contributed by atoms with Crippen LogP contribution in [-0.2, 0) is 9.59 Å². The van der Waals surface area contributed by atoms with Crippen LogP contribution < -0.4 is 15.5 Å². The molecule has 1 aromatic heterocycles. The van der Waals surface area contributed by atoms with E-state index < -0.39 is 17.5 Å².